The summed E-state index contributed by atoms with van der Waals surface area (Å²) in [5.74, 6) is 1.48. The van der Waals surface area contributed by atoms with Crippen LogP contribution in [0.1, 0.15) is 33.0 Å². The number of aryl methyl sites for hydroxylation is 2. The highest BCUT2D eigenvalue weighted by molar-refractivity contribution is 7.90. The molecule has 0 radical (unpaired) electrons. The molecule has 0 saturated carbocycles. The van der Waals surface area contributed by atoms with Crippen molar-refractivity contribution in [1.82, 2.24) is 4.72 Å². The number of primary sulfonamides is 1. The third-order valence-corrected chi connectivity index (χ3v) is 10.5. The average Bonchev–Trinajstić information content (AvgIpc) is 3.80. The van der Waals surface area contributed by atoms with Gasteiger partial charge in [0.05, 0.1) is 0 Å². The van der Waals surface area contributed by atoms with Crippen molar-refractivity contribution in [2.24, 2.45) is 5.14 Å². The van der Waals surface area contributed by atoms with E-state index in [9.17, 15) is 21.6 Å². The van der Waals surface area contributed by atoms with Crippen LogP contribution in [0.2, 0.25) is 0 Å². The molecule has 7 rings (SSSR count). The molecule has 0 unspecified atom stereocenters. The maximum atomic E-state index is 12.6. The lowest BCUT2D eigenvalue weighted by molar-refractivity contribution is 0.0980. The third-order valence-electron chi connectivity index (χ3n) is 8.52. The number of nitrogens with two attached hydrogens (primary N) is 1. The lowest BCUT2D eigenvalue weighted by atomic mass is 10.1. The highest BCUT2D eigenvalue weighted by Gasteiger charge is 2.24. The minimum Gasteiger partial charge on any atom is -0.489 e. The van der Waals surface area contributed by atoms with Crippen molar-refractivity contribution in [2.45, 2.75) is 37.2 Å². The van der Waals surface area contributed by atoms with Gasteiger partial charge in [0, 0.05) is 28.8 Å². The van der Waals surface area contributed by atoms with Gasteiger partial charge in [-0.05, 0) is 72.5 Å². The lowest BCUT2D eigenvalue weighted by Gasteiger charge is -2.07. The number of hydrogen-bond acceptors (Lipinski definition) is 9. The number of carbonyl (C=O) groups is 1. The zero-order valence-corrected chi connectivity index (χ0v) is 32.0. The Morgan fingerprint density at radius 3 is 1.34 bits per heavy atom. The smallest absolute Gasteiger partial charge is 0.297 e. The molecular weight excluding hydrogens is 753 g/mol. The van der Waals surface area contributed by atoms with Crippen LogP contribution < -0.4 is 19.3 Å². The molecule has 0 aliphatic carbocycles. The van der Waals surface area contributed by atoms with Crippen LogP contribution in [0, 0.1) is 13.8 Å². The van der Waals surface area contributed by atoms with Crippen LogP contribution in [0.15, 0.2) is 171 Å². The molecule has 0 spiro atoms. The number of benzene rings is 5. The maximum Gasteiger partial charge on any atom is 0.297 e. The van der Waals surface area contributed by atoms with Crippen LogP contribution in [0.5, 0.6) is 11.5 Å². The van der Waals surface area contributed by atoms with Crippen LogP contribution in [-0.4, -0.2) is 22.7 Å². The van der Waals surface area contributed by atoms with Crippen molar-refractivity contribution in [3.8, 4) is 33.8 Å². The highest BCUT2D eigenvalue weighted by Crippen LogP contribution is 2.26. The fourth-order valence-corrected chi connectivity index (χ4v) is 6.97. The van der Waals surface area contributed by atoms with Gasteiger partial charge in [0.2, 0.25) is 10.2 Å². The number of amides is 1. The predicted molar refractivity (Wildman–Crippen MR) is 212 cm³/mol. The number of hydrogen-bond donors (Lipinski definition) is 2. The summed E-state index contributed by atoms with van der Waals surface area (Å²) in [4.78, 5) is 12.2. The fraction of sp³-hybridized carbons (Fsp3) is 0.0930. The van der Waals surface area contributed by atoms with E-state index in [1.165, 1.54) is 24.3 Å². The van der Waals surface area contributed by atoms with E-state index in [1.807, 2.05) is 114 Å². The van der Waals surface area contributed by atoms with Crippen molar-refractivity contribution < 1.29 is 39.9 Å². The van der Waals surface area contributed by atoms with Crippen LogP contribution in [0.4, 0.5) is 0 Å². The Labute approximate surface area is 325 Å². The first-order valence-electron chi connectivity index (χ1n) is 17.3. The van der Waals surface area contributed by atoms with Crippen molar-refractivity contribution in [2.75, 3.05) is 0 Å². The monoisotopic (exact) mass is 790 g/mol. The van der Waals surface area contributed by atoms with Crippen LogP contribution in [-0.2, 0) is 33.3 Å². The molecule has 0 aliphatic rings. The summed E-state index contributed by atoms with van der Waals surface area (Å²) in [6.45, 7) is 3.65. The molecule has 0 atom stereocenters. The molecule has 5 aromatic carbocycles. The Morgan fingerprint density at radius 1 is 0.554 bits per heavy atom. The van der Waals surface area contributed by atoms with Gasteiger partial charge in [-0.2, -0.15) is 8.42 Å². The van der Waals surface area contributed by atoms with Gasteiger partial charge in [0.25, 0.3) is 26.0 Å². The number of rotatable bonds is 12. The number of carbonyl (C=O) groups excluding carboxylic acids is 1. The second-order valence-corrected chi connectivity index (χ2v) is 15.6. The quantitative estimate of drug-likeness (QED) is 0.123. The molecule has 0 bridgehead atoms. The first-order valence-corrected chi connectivity index (χ1v) is 20.3. The summed E-state index contributed by atoms with van der Waals surface area (Å²) in [6.07, 6.45) is 0. The zero-order valence-electron chi connectivity index (χ0n) is 30.4. The normalized spacial score (nSPS) is 11.3. The topological polar surface area (TPSA) is 168 Å². The minimum atomic E-state index is -4.15. The van der Waals surface area contributed by atoms with Gasteiger partial charge in [-0.15, -0.1) is 0 Å². The third kappa shape index (κ3) is 10.2. The van der Waals surface area contributed by atoms with Gasteiger partial charge in [-0.3, -0.25) is 4.79 Å². The van der Waals surface area contributed by atoms with Gasteiger partial charge in [0.1, 0.15) is 36.2 Å². The van der Waals surface area contributed by atoms with E-state index < -0.39 is 26.0 Å². The molecule has 3 N–H and O–H groups in total. The van der Waals surface area contributed by atoms with Crippen molar-refractivity contribution in [3.05, 3.63) is 180 Å². The first kappa shape index (κ1) is 39.3. The molecule has 56 heavy (non-hydrogen) atoms. The standard InChI is InChI=1S/C25H21NO5S.C18H17NO4S/c1-18-22(17-30-23-14-12-20(13-15-23)19-8-4-2-5-9-19)16-24(31-18)32(28,29)26-25(27)21-10-6-3-7-11-21;1-13-16(11-18(23-13)24(19,20)21)12-22-17-9-7-15(8-10-17)14-5-3-2-4-6-14/h2-16H,17H2,1H3,(H,26,27);2-11H,12H2,1H3,(H2,19,20,21). The Balaban J connectivity index is 0.000000198. The molecule has 2 heterocycles. The van der Waals surface area contributed by atoms with E-state index in [0.717, 1.165) is 22.3 Å². The summed E-state index contributed by atoms with van der Waals surface area (Å²) in [6, 6.07) is 46.2. The number of nitrogens with one attached hydrogen (secondary N) is 1. The van der Waals surface area contributed by atoms with Gasteiger partial charge in [-0.25, -0.2) is 18.3 Å². The van der Waals surface area contributed by atoms with Crippen molar-refractivity contribution >= 4 is 26.0 Å². The van der Waals surface area contributed by atoms with E-state index in [2.05, 4.69) is 0 Å². The summed E-state index contributed by atoms with van der Waals surface area (Å²) in [5, 5.41) is 4.47. The van der Waals surface area contributed by atoms with Gasteiger partial charge >= 0.3 is 0 Å². The van der Waals surface area contributed by atoms with Crippen LogP contribution >= 0.6 is 0 Å². The Kier molecular flexibility index (Phi) is 12.2. The minimum absolute atomic E-state index is 0.127. The van der Waals surface area contributed by atoms with E-state index in [1.54, 1.807) is 32.0 Å². The van der Waals surface area contributed by atoms with Gasteiger partial charge in [0.15, 0.2) is 0 Å². The second kappa shape index (κ2) is 17.4. The van der Waals surface area contributed by atoms with Gasteiger partial charge < -0.3 is 18.3 Å². The number of sulfonamides is 2. The molecule has 0 aliphatic heterocycles. The summed E-state index contributed by atoms with van der Waals surface area (Å²) >= 11 is 0. The summed E-state index contributed by atoms with van der Waals surface area (Å²) < 4.78 is 71.8. The maximum absolute atomic E-state index is 12.6. The van der Waals surface area contributed by atoms with Crippen LogP contribution in [0.25, 0.3) is 22.3 Å². The lowest BCUT2D eigenvalue weighted by Crippen LogP contribution is -2.30. The molecule has 13 heteroatoms. The van der Waals surface area contributed by atoms with Crippen LogP contribution in [0.3, 0.4) is 0 Å². The van der Waals surface area contributed by atoms with E-state index in [0.29, 0.717) is 34.1 Å². The second-order valence-electron chi connectivity index (χ2n) is 12.5. The van der Waals surface area contributed by atoms with Gasteiger partial charge in [-0.1, -0.05) is 103 Å². The van der Waals surface area contributed by atoms with Crippen molar-refractivity contribution in [3.63, 3.8) is 0 Å². The molecule has 0 saturated heterocycles. The Bertz CT molecular complexity index is 2610. The van der Waals surface area contributed by atoms with Crippen molar-refractivity contribution in [1.29, 1.82) is 0 Å². The molecular formula is C43H38N2O9S2. The van der Waals surface area contributed by atoms with E-state index in [4.69, 9.17) is 23.4 Å². The number of ether oxygens (including phenoxy) is 2. The highest BCUT2D eigenvalue weighted by atomic mass is 32.2. The SMILES string of the molecule is Cc1oc(S(=O)(=O)NC(=O)c2ccccc2)cc1COc1ccc(-c2ccccc2)cc1.Cc1oc(S(N)(=O)=O)cc1COc1ccc(-c2ccccc2)cc1. The summed E-state index contributed by atoms with van der Waals surface area (Å²) in [7, 11) is -8.00. The largest absolute Gasteiger partial charge is 0.489 e. The Hall–Kier alpha value is -6.41. The molecule has 0 fully saturated rings. The predicted octanol–water partition coefficient (Wildman–Crippen LogP) is 8.43. The first-order chi connectivity index (χ1) is 26.9. The Morgan fingerprint density at radius 2 is 0.929 bits per heavy atom. The fourth-order valence-electron chi connectivity index (χ4n) is 5.43. The molecule has 11 nitrogen and oxygen atoms in total. The van der Waals surface area contributed by atoms with E-state index >= 15 is 0 Å². The zero-order chi connectivity index (χ0) is 39.7. The molecule has 2 aromatic heterocycles. The molecule has 286 valence electrons. The number of furan rings is 2. The average molecular weight is 791 g/mol. The molecule has 1 amide bonds. The van der Waals surface area contributed by atoms with E-state index in [-0.39, 0.29) is 29.0 Å². The molecule has 7 aromatic rings. The summed E-state index contributed by atoms with van der Waals surface area (Å²) in [5.41, 5.74) is 5.86.